The van der Waals surface area contributed by atoms with Crippen molar-refractivity contribution < 1.29 is 4.79 Å². The van der Waals surface area contributed by atoms with E-state index in [0.29, 0.717) is 12.5 Å². The van der Waals surface area contributed by atoms with Gasteiger partial charge in [-0.2, -0.15) is 0 Å². The predicted octanol–water partition coefficient (Wildman–Crippen LogP) is 1.32. The SMILES string of the molecule is Cc1ccc(CNC(=O)[C@H](N)CC(C)C)n1C. The largest absolute Gasteiger partial charge is 0.350 e. The lowest BCUT2D eigenvalue weighted by Gasteiger charge is -2.14. The Morgan fingerprint density at radius 2 is 2.12 bits per heavy atom. The highest BCUT2D eigenvalue weighted by molar-refractivity contribution is 5.81. The molecule has 4 nitrogen and oxygen atoms in total. The fraction of sp³-hybridized carbons (Fsp3) is 0.615. The Bertz CT molecular complexity index is 382. The van der Waals surface area contributed by atoms with Crippen molar-refractivity contribution in [3.8, 4) is 0 Å². The van der Waals surface area contributed by atoms with Crippen molar-refractivity contribution in [3.05, 3.63) is 23.5 Å². The number of hydrogen-bond acceptors (Lipinski definition) is 2. The van der Waals surface area contributed by atoms with Gasteiger partial charge in [0.25, 0.3) is 0 Å². The lowest BCUT2D eigenvalue weighted by molar-refractivity contribution is -0.122. The average Bonchev–Trinajstić information content (AvgIpc) is 2.55. The van der Waals surface area contributed by atoms with Crippen molar-refractivity contribution in [2.24, 2.45) is 18.7 Å². The van der Waals surface area contributed by atoms with E-state index >= 15 is 0 Å². The van der Waals surface area contributed by atoms with E-state index in [4.69, 9.17) is 5.73 Å². The summed E-state index contributed by atoms with van der Waals surface area (Å²) in [6, 6.07) is 3.65. The molecule has 0 aliphatic carbocycles. The van der Waals surface area contributed by atoms with Crippen LogP contribution in [0.3, 0.4) is 0 Å². The number of carbonyl (C=O) groups excluding carboxylic acids is 1. The topological polar surface area (TPSA) is 60.1 Å². The molecule has 96 valence electrons. The minimum absolute atomic E-state index is 0.0717. The molecule has 1 aromatic rings. The van der Waals surface area contributed by atoms with E-state index in [9.17, 15) is 4.79 Å². The van der Waals surface area contributed by atoms with Crippen LogP contribution in [0.2, 0.25) is 0 Å². The quantitative estimate of drug-likeness (QED) is 0.811. The van der Waals surface area contributed by atoms with Crippen LogP contribution >= 0.6 is 0 Å². The Balaban J connectivity index is 2.45. The van der Waals surface area contributed by atoms with Crippen LogP contribution in [0.5, 0.6) is 0 Å². The number of aryl methyl sites for hydroxylation is 1. The van der Waals surface area contributed by atoms with E-state index in [0.717, 1.165) is 12.1 Å². The number of nitrogens with zero attached hydrogens (tertiary/aromatic N) is 1. The Morgan fingerprint density at radius 1 is 1.47 bits per heavy atom. The third-order valence-corrected chi connectivity index (χ3v) is 2.98. The van der Waals surface area contributed by atoms with Crippen molar-refractivity contribution in [2.75, 3.05) is 0 Å². The van der Waals surface area contributed by atoms with Gasteiger partial charge in [-0.25, -0.2) is 0 Å². The van der Waals surface area contributed by atoms with E-state index < -0.39 is 6.04 Å². The molecular weight excluding hydrogens is 214 g/mol. The summed E-state index contributed by atoms with van der Waals surface area (Å²) in [5.41, 5.74) is 8.08. The van der Waals surface area contributed by atoms with Gasteiger partial charge in [-0.15, -0.1) is 0 Å². The molecule has 1 rings (SSSR count). The monoisotopic (exact) mass is 237 g/mol. The first-order chi connectivity index (χ1) is 7.91. The maximum Gasteiger partial charge on any atom is 0.237 e. The zero-order valence-corrected chi connectivity index (χ0v) is 11.2. The smallest absolute Gasteiger partial charge is 0.237 e. The molecule has 0 aliphatic rings. The Morgan fingerprint density at radius 3 is 2.59 bits per heavy atom. The standard InChI is InChI=1S/C13H23N3O/c1-9(2)7-12(14)13(17)15-8-11-6-5-10(3)16(11)4/h5-6,9,12H,7-8,14H2,1-4H3,(H,15,17)/t12-/m1/s1. The molecule has 1 aromatic heterocycles. The van der Waals surface area contributed by atoms with Crippen LogP contribution in [0.1, 0.15) is 31.7 Å². The first-order valence-electron chi connectivity index (χ1n) is 6.06. The maximum absolute atomic E-state index is 11.7. The number of hydrogen-bond donors (Lipinski definition) is 2. The molecule has 1 heterocycles. The summed E-state index contributed by atoms with van der Waals surface area (Å²) in [6.45, 7) is 6.70. The molecule has 0 radical (unpaired) electrons. The number of rotatable bonds is 5. The number of aromatic nitrogens is 1. The molecule has 0 unspecified atom stereocenters. The molecular formula is C13H23N3O. The van der Waals surface area contributed by atoms with Crippen molar-refractivity contribution in [1.29, 1.82) is 0 Å². The van der Waals surface area contributed by atoms with Gasteiger partial charge in [-0.05, 0) is 31.4 Å². The highest BCUT2D eigenvalue weighted by Gasteiger charge is 2.14. The van der Waals surface area contributed by atoms with Gasteiger partial charge in [0, 0.05) is 18.4 Å². The van der Waals surface area contributed by atoms with Gasteiger partial charge in [0.1, 0.15) is 0 Å². The predicted molar refractivity (Wildman–Crippen MR) is 69.4 cm³/mol. The molecule has 0 aromatic carbocycles. The lowest BCUT2D eigenvalue weighted by atomic mass is 10.0. The molecule has 0 fully saturated rings. The summed E-state index contributed by atoms with van der Waals surface area (Å²) in [5.74, 6) is 0.366. The van der Waals surface area contributed by atoms with Crippen molar-refractivity contribution in [1.82, 2.24) is 9.88 Å². The number of amides is 1. The summed E-state index contributed by atoms with van der Waals surface area (Å²) in [5, 5.41) is 2.87. The molecule has 1 amide bonds. The highest BCUT2D eigenvalue weighted by atomic mass is 16.2. The van der Waals surface area contributed by atoms with Crippen LogP contribution < -0.4 is 11.1 Å². The fourth-order valence-electron chi connectivity index (χ4n) is 1.77. The lowest BCUT2D eigenvalue weighted by Crippen LogP contribution is -2.41. The summed E-state index contributed by atoms with van der Waals surface area (Å²) in [6.07, 6.45) is 0.720. The summed E-state index contributed by atoms with van der Waals surface area (Å²) < 4.78 is 2.06. The van der Waals surface area contributed by atoms with Crippen LogP contribution in [-0.2, 0) is 18.4 Å². The number of carbonyl (C=O) groups is 1. The second-order valence-electron chi connectivity index (χ2n) is 4.98. The van der Waals surface area contributed by atoms with Gasteiger partial charge in [-0.3, -0.25) is 4.79 Å². The second kappa shape index (κ2) is 5.87. The van der Waals surface area contributed by atoms with E-state index in [1.54, 1.807) is 0 Å². The summed E-state index contributed by atoms with van der Waals surface area (Å²) >= 11 is 0. The molecule has 3 N–H and O–H groups in total. The van der Waals surface area contributed by atoms with Gasteiger partial charge in [0.05, 0.1) is 12.6 Å². The second-order valence-corrected chi connectivity index (χ2v) is 4.98. The molecule has 1 atom stereocenters. The number of nitrogens with one attached hydrogen (secondary N) is 1. The molecule has 0 saturated carbocycles. The fourth-order valence-corrected chi connectivity index (χ4v) is 1.77. The van der Waals surface area contributed by atoms with Gasteiger partial charge < -0.3 is 15.6 Å². The van der Waals surface area contributed by atoms with Crippen LogP contribution in [0, 0.1) is 12.8 Å². The first kappa shape index (κ1) is 13.8. The first-order valence-corrected chi connectivity index (χ1v) is 6.06. The third-order valence-electron chi connectivity index (χ3n) is 2.98. The molecule has 0 spiro atoms. The Hall–Kier alpha value is -1.29. The summed E-state index contributed by atoms with van der Waals surface area (Å²) in [7, 11) is 1.99. The zero-order chi connectivity index (χ0) is 13.0. The Labute approximate surface area is 103 Å². The van der Waals surface area contributed by atoms with Crippen molar-refractivity contribution >= 4 is 5.91 Å². The van der Waals surface area contributed by atoms with Gasteiger partial charge in [-0.1, -0.05) is 13.8 Å². The minimum Gasteiger partial charge on any atom is -0.350 e. The Kier molecular flexibility index (Phi) is 4.75. The average molecular weight is 237 g/mol. The molecule has 4 heteroatoms. The van der Waals surface area contributed by atoms with E-state index in [1.165, 1.54) is 5.69 Å². The van der Waals surface area contributed by atoms with E-state index in [1.807, 2.05) is 26.1 Å². The van der Waals surface area contributed by atoms with Gasteiger partial charge in [0.2, 0.25) is 5.91 Å². The van der Waals surface area contributed by atoms with Gasteiger partial charge >= 0.3 is 0 Å². The normalized spacial score (nSPS) is 12.8. The number of nitrogens with two attached hydrogens (primary N) is 1. The molecule has 0 saturated heterocycles. The maximum atomic E-state index is 11.7. The minimum atomic E-state index is -0.406. The van der Waals surface area contributed by atoms with Crippen molar-refractivity contribution in [3.63, 3.8) is 0 Å². The molecule has 0 aliphatic heterocycles. The third kappa shape index (κ3) is 3.89. The highest BCUT2D eigenvalue weighted by Crippen LogP contribution is 2.06. The van der Waals surface area contributed by atoms with E-state index in [2.05, 4.69) is 23.7 Å². The summed E-state index contributed by atoms with van der Waals surface area (Å²) in [4.78, 5) is 11.7. The van der Waals surface area contributed by atoms with Crippen LogP contribution in [0.15, 0.2) is 12.1 Å². The van der Waals surface area contributed by atoms with Crippen LogP contribution in [0.25, 0.3) is 0 Å². The van der Waals surface area contributed by atoms with E-state index in [-0.39, 0.29) is 5.91 Å². The van der Waals surface area contributed by atoms with Crippen LogP contribution in [0.4, 0.5) is 0 Å². The molecule has 0 bridgehead atoms. The van der Waals surface area contributed by atoms with Crippen molar-refractivity contribution in [2.45, 2.75) is 39.8 Å². The zero-order valence-electron chi connectivity index (χ0n) is 11.2. The molecule has 17 heavy (non-hydrogen) atoms. The van der Waals surface area contributed by atoms with Gasteiger partial charge in [0.15, 0.2) is 0 Å². The van der Waals surface area contributed by atoms with Crippen LogP contribution in [-0.4, -0.2) is 16.5 Å².